The van der Waals surface area contributed by atoms with E-state index in [2.05, 4.69) is 0 Å². The van der Waals surface area contributed by atoms with E-state index in [0.717, 1.165) is 11.5 Å². The summed E-state index contributed by atoms with van der Waals surface area (Å²) in [6.07, 6.45) is 2.47. The number of fused-ring (bicyclic) bond motifs is 1. The highest BCUT2D eigenvalue weighted by Gasteiger charge is 2.32. The van der Waals surface area contributed by atoms with Crippen molar-refractivity contribution < 1.29 is 14.6 Å². The summed E-state index contributed by atoms with van der Waals surface area (Å²) in [5, 5.41) is 9.42. The number of aliphatic hydroxyl groups excluding tert-OH is 1. The Morgan fingerprint density at radius 2 is 1.94 bits per heavy atom. The molecule has 1 unspecified atom stereocenters. The lowest BCUT2D eigenvalue weighted by Gasteiger charge is -2.21. The molecule has 1 saturated carbocycles. The second kappa shape index (κ2) is 3.98. The molecule has 0 bridgehead atoms. The van der Waals surface area contributed by atoms with Crippen LogP contribution in [0.4, 0.5) is 0 Å². The van der Waals surface area contributed by atoms with Gasteiger partial charge in [-0.1, -0.05) is 6.07 Å². The molecule has 0 spiro atoms. The maximum Gasteiger partial charge on any atom is 0.161 e. The van der Waals surface area contributed by atoms with E-state index >= 15 is 0 Å². The molecule has 1 atom stereocenters. The lowest BCUT2D eigenvalue weighted by molar-refractivity contribution is 0.171. The van der Waals surface area contributed by atoms with Crippen molar-refractivity contribution >= 4 is 0 Å². The Morgan fingerprint density at radius 3 is 2.62 bits per heavy atom. The standard InChI is InChI=1S/C13H16O3/c14-8-11(9-1-2-9)10-3-4-12-13(7-10)16-6-5-15-12/h3-4,7,9,11,14H,1-2,5-6,8H2. The number of benzene rings is 1. The van der Waals surface area contributed by atoms with Gasteiger partial charge in [-0.15, -0.1) is 0 Å². The van der Waals surface area contributed by atoms with Gasteiger partial charge in [-0.3, -0.25) is 0 Å². The fraction of sp³-hybridized carbons (Fsp3) is 0.538. The Bertz CT molecular complexity index is 385. The first-order chi connectivity index (χ1) is 7.88. The van der Waals surface area contributed by atoms with Crippen molar-refractivity contribution in [3.63, 3.8) is 0 Å². The molecule has 86 valence electrons. The van der Waals surface area contributed by atoms with Gasteiger partial charge in [0.15, 0.2) is 11.5 Å². The predicted molar refractivity (Wildman–Crippen MR) is 60.0 cm³/mol. The third kappa shape index (κ3) is 1.76. The molecule has 0 amide bonds. The van der Waals surface area contributed by atoms with E-state index in [1.54, 1.807) is 0 Å². The maximum absolute atomic E-state index is 9.42. The third-order valence-corrected chi connectivity index (χ3v) is 3.38. The highest BCUT2D eigenvalue weighted by Crippen LogP contribution is 2.44. The summed E-state index contributed by atoms with van der Waals surface area (Å²) >= 11 is 0. The highest BCUT2D eigenvalue weighted by molar-refractivity contribution is 5.45. The lowest BCUT2D eigenvalue weighted by Crippen LogP contribution is -2.16. The molecule has 1 fully saturated rings. The third-order valence-electron chi connectivity index (χ3n) is 3.38. The van der Waals surface area contributed by atoms with E-state index in [1.807, 2.05) is 18.2 Å². The summed E-state index contributed by atoms with van der Waals surface area (Å²) in [4.78, 5) is 0. The van der Waals surface area contributed by atoms with Crippen molar-refractivity contribution in [3.8, 4) is 11.5 Å². The average Bonchev–Trinajstić information content (AvgIpc) is 3.14. The molecule has 1 aromatic rings. The van der Waals surface area contributed by atoms with Crippen LogP contribution in [0.15, 0.2) is 18.2 Å². The van der Waals surface area contributed by atoms with E-state index in [-0.39, 0.29) is 12.5 Å². The summed E-state index contributed by atoms with van der Waals surface area (Å²) in [6, 6.07) is 6.02. The minimum atomic E-state index is 0.226. The van der Waals surface area contributed by atoms with Crippen LogP contribution >= 0.6 is 0 Å². The minimum absolute atomic E-state index is 0.226. The van der Waals surface area contributed by atoms with Crippen LogP contribution in [0.3, 0.4) is 0 Å². The van der Waals surface area contributed by atoms with E-state index in [1.165, 1.54) is 18.4 Å². The van der Waals surface area contributed by atoms with Gasteiger partial charge >= 0.3 is 0 Å². The van der Waals surface area contributed by atoms with Gasteiger partial charge in [0, 0.05) is 5.92 Å². The highest BCUT2D eigenvalue weighted by atomic mass is 16.6. The fourth-order valence-electron chi connectivity index (χ4n) is 2.32. The van der Waals surface area contributed by atoms with Crippen LogP contribution in [0, 0.1) is 5.92 Å². The summed E-state index contributed by atoms with van der Waals surface area (Å²) in [5.74, 6) is 2.58. The second-order valence-electron chi connectivity index (χ2n) is 4.53. The van der Waals surface area contributed by atoms with Gasteiger partial charge in [0.1, 0.15) is 13.2 Å². The molecule has 1 N–H and O–H groups in total. The van der Waals surface area contributed by atoms with Crippen LogP contribution in [-0.4, -0.2) is 24.9 Å². The monoisotopic (exact) mass is 220 g/mol. The molecule has 3 rings (SSSR count). The Balaban J connectivity index is 1.89. The van der Waals surface area contributed by atoms with Gasteiger partial charge in [0.2, 0.25) is 0 Å². The first-order valence-electron chi connectivity index (χ1n) is 5.89. The molecule has 0 radical (unpaired) electrons. The number of ether oxygens (including phenoxy) is 2. The quantitative estimate of drug-likeness (QED) is 0.846. The molecule has 1 aliphatic heterocycles. The Labute approximate surface area is 95.0 Å². The van der Waals surface area contributed by atoms with Gasteiger partial charge in [-0.25, -0.2) is 0 Å². The van der Waals surface area contributed by atoms with Crippen LogP contribution in [0.5, 0.6) is 11.5 Å². The predicted octanol–water partition coefficient (Wildman–Crippen LogP) is 1.94. The number of aliphatic hydroxyl groups is 1. The second-order valence-corrected chi connectivity index (χ2v) is 4.53. The molecule has 16 heavy (non-hydrogen) atoms. The van der Waals surface area contributed by atoms with E-state index < -0.39 is 0 Å². The molecule has 3 heteroatoms. The molecule has 0 saturated heterocycles. The van der Waals surface area contributed by atoms with Crippen molar-refractivity contribution in [2.24, 2.45) is 5.92 Å². The van der Waals surface area contributed by atoms with Crippen molar-refractivity contribution in [2.45, 2.75) is 18.8 Å². The van der Waals surface area contributed by atoms with Crippen LogP contribution in [0.1, 0.15) is 24.3 Å². The van der Waals surface area contributed by atoms with E-state index in [0.29, 0.717) is 19.1 Å². The van der Waals surface area contributed by atoms with Gasteiger partial charge in [0.05, 0.1) is 6.61 Å². The smallest absolute Gasteiger partial charge is 0.161 e. The zero-order chi connectivity index (χ0) is 11.0. The van der Waals surface area contributed by atoms with Crippen molar-refractivity contribution in [2.75, 3.05) is 19.8 Å². The molecule has 1 aliphatic carbocycles. The zero-order valence-electron chi connectivity index (χ0n) is 9.19. The minimum Gasteiger partial charge on any atom is -0.486 e. The Kier molecular flexibility index (Phi) is 2.48. The topological polar surface area (TPSA) is 38.7 Å². The SMILES string of the molecule is OCC(c1ccc2c(c1)OCCO2)C1CC1. The summed E-state index contributed by atoms with van der Waals surface area (Å²) in [7, 11) is 0. The maximum atomic E-state index is 9.42. The normalized spacial score (nSPS) is 20.6. The molecular formula is C13H16O3. The van der Waals surface area contributed by atoms with Crippen molar-refractivity contribution in [3.05, 3.63) is 23.8 Å². The molecular weight excluding hydrogens is 204 g/mol. The van der Waals surface area contributed by atoms with Crippen LogP contribution in [0.2, 0.25) is 0 Å². The van der Waals surface area contributed by atoms with Gasteiger partial charge in [-0.2, -0.15) is 0 Å². The van der Waals surface area contributed by atoms with Gasteiger partial charge in [0.25, 0.3) is 0 Å². The Hall–Kier alpha value is -1.22. The van der Waals surface area contributed by atoms with Crippen molar-refractivity contribution in [1.29, 1.82) is 0 Å². The Morgan fingerprint density at radius 1 is 1.19 bits per heavy atom. The zero-order valence-corrected chi connectivity index (χ0v) is 9.19. The van der Waals surface area contributed by atoms with Crippen LogP contribution < -0.4 is 9.47 Å². The molecule has 0 aromatic heterocycles. The summed E-state index contributed by atoms with van der Waals surface area (Å²) in [5.41, 5.74) is 1.18. The number of rotatable bonds is 3. The molecule has 2 aliphatic rings. The van der Waals surface area contributed by atoms with Gasteiger partial charge < -0.3 is 14.6 Å². The molecule has 3 nitrogen and oxygen atoms in total. The summed E-state index contributed by atoms with van der Waals surface area (Å²) in [6.45, 7) is 1.46. The van der Waals surface area contributed by atoms with Crippen LogP contribution in [-0.2, 0) is 0 Å². The van der Waals surface area contributed by atoms with E-state index in [4.69, 9.17) is 9.47 Å². The largest absolute Gasteiger partial charge is 0.486 e. The number of hydrogen-bond donors (Lipinski definition) is 1. The van der Waals surface area contributed by atoms with Crippen LogP contribution in [0.25, 0.3) is 0 Å². The van der Waals surface area contributed by atoms with Gasteiger partial charge in [-0.05, 0) is 36.5 Å². The average molecular weight is 220 g/mol. The number of hydrogen-bond acceptors (Lipinski definition) is 3. The first kappa shape index (κ1) is 9.97. The first-order valence-corrected chi connectivity index (χ1v) is 5.89. The lowest BCUT2D eigenvalue weighted by atomic mass is 9.95. The van der Waals surface area contributed by atoms with Crippen molar-refractivity contribution in [1.82, 2.24) is 0 Å². The summed E-state index contributed by atoms with van der Waals surface area (Å²) < 4.78 is 11.0. The molecule has 1 heterocycles. The fourth-order valence-corrected chi connectivity index (χ4v) is 2.32. The molecule has 1 aromatic carbocycles. The van der Waals surface area contributed by atoms with E-state index in [9.17, 15) is 5.11 Å².